The first kappa shape index (κ1) is 24.2. The van der Waals surface area contributed by atoms with Gasteiger partial charge in [0.15, 0.2) is 0 Å². The fourth-order valence-electron chi connectivity index (χ4n) is 4.15. The standard InChI is InChI=1S/C29H32N4O2/c1-21(2)32(19-23-9-5-4-6-10-23)28(34)20-33-26-12-8-7-11-25(26)31-27(33)17-18-30-29(35)24-15-13-22(3)14-16-24/h4-16,21H,17-20H2,1-3H3,(H,30,35). The van der Waals surface area contributed by atoms with Gasteiger partial charge in [0.05, 0.1) is 11.0 Å². The molecular weight excluding hydrogens is 436 g/mol. The second kappa shape index (κ2) is 11.0. The van der Waals surface area contributed by atoms with Crippen LogP contribution in [0.1, 0.15) is 41.2 Å². The predicted octanol–water partition coefficient (Wildman–Crippen LogP) is 4.75. The zero-order valence-corrected chi connectivity index (χ0v) is 20.6. The van der Waals surface area contributed by atoms with Crippen molar-refractivity contribution in [2.45, 2.75) is 46.3 Å². The highest BCUT2D eigenvalue weighted by Gasteiger charge is 2.21. The van der Waals surface area contributed by atoms with E-state index in [-0.39, 0.29) is 24.4 Å². The number of aromatic nitrogens is 2. The molecule has 0 unspecified atom stereocenters. The second-order valence-corrected chi connectivity index (χ2v) is 9.08. The van der Waals surface area contributed by atoms with Crippen LogP contribution >= 0.6 is 0 Å². The van der Waals surface area contributed by atoms with Crippen molar-refractivity contribution in [3.05, 3.63) is 101 Å². The number of fused-ring (bicyclic) bond motifs is 1. The highest BCUT2D eigenvalue weighted by Crippen LogP contribution is 2.18. The Labute approximate surface area is 206 Å². The molecule has 6 heteroatoms. The molecule has 1 aromatic heterocycles. The first-order chi connectivity index (χ1) is 16.9. The van der Waals surface area contributed by atoms with E-state index in [2.05, 4.69) is 5.32 Å². The number of benzene rings is 3. The van der Waals surface area contributed by atoms with Crippen molar-refractivity contribution in [2.24, 2.45) is 0 Å². The predicted molar refractivity (Wildman–Crippen MR) is 139 cm³/mol. The molecule has 0 spiro atoms. The highest BCUT2D eigenvalue weighted by atomic mass is 16.2. The lowest BCUT2D eigenvalue weighted by Crippen LogP contribution is -2.39. The van der Waals surface area contributed by atoms with Crippen molar-refractivity contribution in [2.75, 3.05) is 6.54 Å². The van der Waals surface area contributed by atoms with Crippen molar-refractivity contribution in [1.29, 1.82) is 0 Å². The van der Waals surface area contributed by atoms with Gasteiger partial charge in [0.25, 0.3) is 5.91 Å². The summed E-state index contributed by atoms with van der Waals surface area (Å²) < 4.78 is 1.98. The summed E-state index contributed by atoms with van der Waals surface area (Å²) >= 11 is 0. The molecule has 0 aliphatic carbocycles. The number of rotatable bonds is 9. The number of carbonyl (C=O) groups is 2. The smallest absolute Gasteiger partial charge is 0.251 e. The van der Waals surface area contributed by atoms with Gasteiger partial charge in [-0.1, -0.05) is 60.2 Å². The number of hydrogen-bond acceptors (Lipinski definition) is 3. The van der Waals surface area contributed by atoms with E-state index in [0.29, 0.717) is 25.1 Å². The number of para-hydroxylation sites is 2. The van der Waals surface area contributed by atoms with Crippen molar-refractivity contribution in [3.63, 3.8) is 0 Å². The summed E-state index contributed by atoms with van der Waals surface area (Å²) in [6.45, 7) is 7.26. The minimum atomic E-state index is -0.113. The van der Waals surface area contributed by atoms with E-state index < -0.39 is 0 Å². The third-order valence-corrected chi connectivity index (χ3v) is 6.11. The third-order valence-electron chi connectivity index (χ3n) is 6.11. The Hall–Kier alpha value is -3.93. The van der Waals surface area contributed by atoms with E-state index >= 15 is 0 Å². The summed E-state index contributed by atoms with van der Waals surface area (Å²) in [5, 5.41) is 2.98. The highest BCUT2D eigenvalue weighted by molar-refractivity contribution is 5.94. The maximum Gasteiger partial charge on any atom is 0.251 e. The van der Waals surface area contributed by atoms with Gasteiger partial charge in [-0.3, -0.25) is 9.59 Å². The van der Waals surface area contributed by atoms with E-state index in [9.17, 15) is 9.59 Å². The number of nitrogens with one attached hydrogen (secondary N) is 1. The maximum atomic E-state index is 13.5. The van der Waals surface area contributed by atoms with Gasteiger partial charge in [0.1, 0.15) is 12.4 Å². The zero-order valence-electron chi connectivity index (χ0n) is 20.6. The van der Waals surface area contributed by atoms with Gasteiger partial charge in [0, 0.05) is 31.1 Å². The van der Waals surface area contributed by atoms with E-state index in [0.717, 1.165) is 28.0 Å². The number of carbonyl (C=O) groups excluding carboxylic acids is 2. The molecule has 0 aliphatic heterocycles. The number of amides is 2. The molecule has 0 saturated carbocycles. The minimum absolute atomic E-state index is 0.0388. The van der Waals surface area contributed by atoms with E-state index in [1.54, 1.807) is 0 Å². The number of imidazole rings is 1. The van der Waals surface area contributed by atoms with Crippen LogP contribution < -0.4 is 5.32 Å². The molecule has 0 fully saturated rings. The fourth-order valence-corrected chi connectivity index (χ4v) is 4.15. The molecule has 2 amide bonds. The molecule has 4 aromatic rings. The van der Waals surface area contributed by atoms with E-state index in [4.69, 9.17) is 4.98 Å². The van der Waals surface area contributed by atoms with Crippen LogP contribution in [-0.2, 0) is 24.3 Å². The van der Waals surface area contributed by atoms with Crippen LogP contribution in [-0.4, -0.2) is 38.9 Å². The topological polar surface area (TPSA) is 67.2 Å². The molecule has 180 valence electrons. The summed E-state index contributed by atoms with van der Waals surface area (Å²) in [5.74, 6) is 0.710. The molecule has 1 N–H and O–H groups in total. The van der Waals surface area contributed by atoms with Gasteiger partial charge in [-0.15, -0.1) is 0 Å². The average Bonchev–Trinajstić information content (AvgIpc) is 3.20. The Morgan fingerprint density at radius 2 is 1.63 bits per heavy atom. The van der Waals surface area contributed by atoms with Crippen molar-refractivity contribution in [1.82, 2.24) is 19.8 Å². The second-order valence-electron chi connectivity index (χ2n) is 9.08. The van der Waals surface area contributed by atoms with Crippen LogP contribution in [0.25, 0.3) is 11.0 Å². The molecule has 0 aliphatic rings. The number of aryl methyl sites for hydroxylation is 1. The Morgan fingerprint density at radius 3 is 2.34 bits per heavy atom. The Bertz CT molecular complexity index is 1290. The molecular formula is C29H32N4O2. The average molecular weight is 469 g/mol. The molecule has 4 rings (SSSR count). The van der Waals surface area contributed by atoms with Gasteiger partial charge < -0.3 is 14.8 Å². The van der Waals surface area contributed by atoms with Crippen LogP contribution in [0, 0.1) is 6.92 Å². The van der Waals surface area contributed by atoms with E-state index in [1.807, 2.05) is 109 Å². The fraction of sp³-hybridized carbons (Fsp3) is 0.276. The molecule has 35 heavy (non-hydrogen) atoms. The van der Waals surface area contributed by atoms with E-state index in [1.165, 1.54) is 0 Å². The van der Waals surface area contributed by atoms with Crippen LogP contribution in [0.2, 0.25) is 0 Å². The lowest BCUT2D eigenvalue weighted by molar-refractivity contribution is -0.134. The monoisotopic (exact) mass is 468 g/mol. The number of hydrogen-bond donors (Lipinski definition) is 1. The Balaban J connectivity index is 1.50. The van der Waals surface area contributed by atoms with Gasteiger partial charge in [-0.2, -0.15) is 0 Å². The normalized spacial score (nSPS) is 11.1. The summed E-state index contributed by atoms with van der Waals surface area (Å²) in [6, 6.07) is 25.4. The molecule has 0 saturated heterocycles. The summed E-state index contributed by atoms with van der Waals surface area (Å²) in [4.78, 5) is 32.6. The van der Waals surface area contributed by atoms with Crippen LogP contribution in [0.4, 0.5) is 0 Å². The molecule has 0 atom stereocenters. The molecule has 3 aromatic carbocycles. The molecule has 0 radical (unpaired) electrons. The van der Waals surface area contributed by atoms with Crippen LogP contribution in [0.3, 0.4) is 0 Å². The zero-order chi connectivity index (χ0) is 24.8. The van der Waals surface area contributed by atoms with Gasteiger partial charge >= 0.3 is 0 Å². The quantitative estimate of drug-likeness (QED) is 0.385. The Kier molecular flexibility index (Phi) is 7.60. The van der Waals surface area contributed by atoms with Crippen LogP contribution in [0.15, 0.2) is 78.9 Å². The molecule has 1 heterocycles. The Morgan fingerprint density at radius 1 is 0.943 bits per heavy atom. The van der Waals surface area contributed by atoms with Gasteiger partial charge in [-0.25, -0.2) is 4.98 Å². The third kappa shape index (κ3) is 5.96. The molecule has 0 bridgehead atoms. The first-order valence-corrected chi connectivity index (χ1v) is 12.0. The number of nitrogens with zero attached hydrogens (tertiary/aromatic N) is 3. The first-order valence-electron chi connectivity index (χ1n) is 12.0. The SMILES string of the molecule is Cc1ccc(C(=O)NCCc2nc3ccccc3n2CC(=O)N(Cc2ccccc2)C(C)C)cc1. The summed E-state index contributed by atoms with van der Waals surface area (Å²) in [6.07, 6.45) is 0.528. The maximum absolute atomic E-state index is 13.5. The van der Waals surface area contributed by atoms with Crippen molar-refractivity contribution >= 4 is 22.8 Å². The largest absolute Gasteiger partial charge is 0.352 e. The lowest BCUT2D eigenvalue weighted by Gasteiger charge is -2.27. The lowest BCUT2D eigenvalue weighted by atomic mass is 10.1. The van der Waals surface area contributed by atoms with Crippen LogP contribution in [0.5, 0.6) is 0 Å². The summed E-state index contributed by atoms with van der Waals surface area (Å²) in [5.41, 5.74) is 4.61. The van der Waals surface area contributed by atoms with Crippen molar-refractivity contribution < 1.29 is 9.59 Å². The van der Waals surface area contributed by atoms with Crippen molar-refractivity contribution in [3.8, 4) is 0 Å². The minimum Gasteiger partial charge on any atom is -0.352 e. The summed E-state index contributed by atoms with van der Waals surface area (Å²) in [7, 11) is 0. The molecule has 6 nitrogen and oxygen atoms in total. The van der Waals surface area contributed by atoms with Gasteiger partial charge in [-0.05, 0) is 50.6 Å². The van der Waals surface area contributed by atoms with Gasteiger partial charge in [0.2, 0.25) is 5.91 Å².